The zero-order valence-corrected chi connectivity index (χ0v) is 10.6. The van der Waals surface area contributed by atoms with E-state index in [0.29, 0.717) is 30.9 Å². The van der Waals surface area contributed by atoms with Gasteiger partial charge in [-0.1, -0.05) is 6.07 Å². The molecule has 1 aromatic rings. The van der Waals surface area contributed by atoms with Gasteiger partial charge in [0.15, 0.2) is 0 Å². The maximum absolute atomic E-state index is 11.2. The Morgan fingerprint density at radius 2 is 2.32 bits per heavy atom. The number of hydrogen-bond acceptors (Lipinski definition) is 5. The first-order valence-corrected chi connectivity index (χ1v) is 6.04. The van der Waals surface area contributed by atoms with Gasteiger partial charge in [0.05, 0.1) is 10.8 Å². The van der Waals surface area contributed by atoms with Gasteiger partial charge < -0.3 is 16.0 Å². The molecule has 0 saturated carbocycles. The summed E-state index contributed by atoms with van der Waals surface area (Å²) in [5.41, 5.74) is 6.31. The van der Waals surface area contributed by atoms with Gasteiger partial charge in [-0.15, -0.1) is 0 Å². The molecule has 7 heteroatoms. The number of primary amides is 1. The zero-order valence-electron chi connectivity index (χ0n) is 10.6. The predicted molar refractivity (Wildman–Crippen MR) is 72.2 cm³/mol. The van der Waals surface area contributed by atoms with Crippen LogP contribution in [0.3, 0.4) is 0 Å². The Balaban J connectivity index is 2.35. The van der Waals surface area contributed by atoms with E-state index >= 15 is 0 Å². The highest BCUT2D eigenvalue weighted by Gasteiger charge is 2.31. The number of carbonyl (C=O) groups is 1. The lowest BCUT2D eigenvalue weighted by Crippen LogP contribution is -2.27. The van der Waals surface area contributed by atoms with Crippen molar-refractivity contribution in [3.8, 4) is 0 Å². The number of para-hydroxylation sites is 1. The Kier molecular flexibility index (Phi) is 3.55. The monoisotopic (exact) mass is 264 g/mol. The highest BCUT2D eigenvalue weighted by molar-refractivity contribution is 5.81. The van der Waals surface area contributed by atoms with Crippen molar-refractivity contribution < 1.29 is 9.72 Å². The quantitative estimate of drug-likeness (QED) is 0.622. The van der Waals surface area contributed by atoms with Gasteiger partial charge in [0.2, 0.25) is 5.91 Å². The molecule has 102 valence electrons. The summed E-state index contributed by atoms with van der Waals surface area (Å²) in [5.74, 6) is -0.590. The maximum atomic E-state index is 11.2. The summed E-state index contributed by atoms with van der Waals surface area (Å²) in [6.07, 6.45) is 0.635. The van der Waals surface area contributed by atoms with Gasteiger partial charge in [-0.2, -0.15) is 0 Å². The molecule has 1 fully saturated rings. The fourth-order valence-electron chi connectivity index (χ4n) is 2.39. The minimum atomic E-state index is -0.404. The van der Waals surface area contributed by atoms with Gasteiger partial charge in [0.25, 0.3) is 0 Å². The summed E-state index contributed by atoms with van der Waals surface area (Å²) in [7, 11) is 1.64. The number of nitrogens with two attached hydrogens (primary N) is 1. The highest BCUT2D eigenvalue weighted by atomic mass is 16.6. The lowest BCUT2D eigenvalue weighted by molar-refractivity contribution is -0.383. The fourth-order valence-corrected chi connectivity index (χ4v) is 2.39. The lowest BCUT2D eigenvalue weighted by Gasteiger charge is -2.19. The van der Waals surface area contributed by atoms with Crippen LogP contribution in [0.1, 0.15) is 6.42 Å². The van der Waals surface area contributed by atoms with Crippen molar-refractivity contribution in [1.29, 1.82) is 0 Å². The number of amides is 1. The molecule has 1 saturated heterocycles. The van der Waals surface area contributed by atoms with Gasteiger partial charge in [-0.25, -0.2) is 0 Å². The van der Waals surface area contributed by atoms with E-state index in [2.05, 4.69) is 5.32 Å². The molecule has 1 amide bonds. The van der Waals surface area contributed by atoms with E-state index in [1.54, 1.807) is 25.2 Å². The number of nitro benzene ring substituents is 1. The van der Waals surface area contributed by atoms with Gasteiger partial charge in [0, 0.05) is 20.1 Å². The summed E-state index contributed by atoms with van der Waals surface area (Å²) < 4.78 is 0. The molecule has 2 rings (SSSR count). The van der Waals surface area contributed by atoms with Crippen molar-refractivity contribution in [3.05, 3.63) is 28.3 Å². The van der Waals surface area contributed by atoms with E-state index < -0.39 is 4.92 Å². The van der Waals surface area contributed by atoms with Gasteiger partial charge >= 0.3 is 5.69 Å². The second kappa shape index (κ2) is 5.13. The Bertz CT molecular complexity index is 518. The second-order valence-electron chi connectivity index (χ2n) is 4.51. The predicted octanol–water partition coefficient (Wildman–Crippen LogP) is 0.948. The lowest BCUT2D eigenvalue weighted by atomic mass is 10.1. The van der Waals surface area contributed by atoms with Crippen LogP contribution in [-0.2, 0) is 4.79 Å². The molecule has 3 N–H and O–H groups in total. The molecule has 0 spiro atoms. The van der Waals surface area contributed by atoms with Crippen LogP contribution >= 0.6 is 0 Å². The minimum Gasteiger partial charge on any atom is -0.382 e. The molecule has 7 nitrogen and oxygen atoms in total. The van der Waals surface area contributed by atoms with E-state index in [4.69, 9.17) is 5.73 Å². The number of anilines is 2. The number of carbonyl (C=O) groups excluding carboxylic acids is 1. The van der Waals surface area contributed by atoms with Crippen LogP contribution in [0.25, 0.3) is 0 Å². The Morgan fingerprint density at radius 1 is 1.58 bits per heavy atom. The van der Waals surface area contributed by atoms with Crippen LogP contribution < -0.4 is 16.0 Å². The van der Waals surface area contributed by atoms with Crippen LogP contribution in [0, 0.1) is 16.0 Å². The largest absolute Gasteiger partial charge is 0.382 e. The van der Waals surface area contributed by atoms with E-state index in [0.717, 1.165) is 0 Å². The van der Waals surface area contributed by atoms with Crippen molar-refractivity contribution in [2.75, 3.05) is 30.4 Å². The van der Waals surface area contributed by atoms with Gasteiger partial charge in [0.1, 0.15) is 11.4 Å². The number of benzene rings is 1. The SMILES string of the molecule is CNc1cccc(N2CCC(C(N)=O)C2)c1[N+](=O)[O-]. The van der Waals surface area contributed by atoms with Crippen molar-refractivity contribution in [1.82, 2.24) is 0 Å². The van der Waals surface area contributed by atoms with Crippen molar-refractivity contribution in [2.45, 2.75) is 6.42 Å². The van der Waals surface area contributed by atoms with Crippen LogP contribution in [0.15, 0.2) is 18.2 Å². The average Bonchev–Trinajstić information content (AvgIpc) is 2.87. The van der Waals surface area contributed by atoms with Crippen molar-refractivity contribution >= 4 is 23.0 Å². The zero-order chi connectivity index (χ0) is 14.0. The van der Waals surface area contributed by atoms with Crippen molar-refractivity contribution in [2.24, 2.45) is 11.7 Å². The molecule has 1 heterocycles. The van der Waals surface area contributed by atoms with Crippen LogP contribution in [0.2, 0.25) is 0 Å². The summed E-state index contributed by atoms with van der Waals surface area (Å²) in [5, 5.41) is 14.0. The Morgan fingerprint density at radius 3 is 2.84 bits per heavy atom. The third-order valence-electron chi connectivity index (χ3n) is 3.40. The average molecular weight is 264 g/mol. The molecule has 0 radical (unpaired) electrons. The van der Waals surface area contributed by atoms with Crippen molar-refractivity contribution in [3.63, 3.8) is 0 Å². The second-order valence-corrected chi connectivity index (χ2v) is 4.51. The van der Waals surface area contributed by atoms with E-state index in [-0.39, 0.29) is 17.5 Å². The highest BCUT2D eigenvalue weighted by Crippen LogP contribution is 2.37. The first-order valence-electron chi connectivity index (χ1n) is 6.04. The number of rotatable bonds is 4. The summed E-state index contributed by atoms with van der Waals surface area (Å²) in [6.45, 7) is 1.03. The smallest absolute Gasteiger partial charge is 0.315 e. The minimum absolute atomic E-state index is 0.0371. The normalized spacial score (nSPS) is 18.4. The van der Waals surface area contributed by atoms with E-state index in [1.165, 1.54) is 0 Å². The fraction of sp³-hybridized carbons (Fsp3) is 0.417. The summed E-state index contributed by atoms with van der Waals surface area (Å²) >= 11 is 0. The first kappa shape index (κ1) is 13.1. The third kappa shape index (κ3) is 2.44. The molecular weight excluding hydrogens is 248 g/mol. The van der Waals surface area contributed by atoms with Gasteiger partial charge in [-0.05, 0) is 18.6 Å². The van der Waals surface area contributed by atoms with E-state index in [9.17, 15) is 14.9 Å². The molecule has 1 unspecified atom stereocenters. The molecule has 19 heavy (non-hydrogen) atoms. The molecule has 0 aromatic heterocycles. The van der Waals surface area contributed by atoms with Crippen LogP contribution in [0.4, 0.5) is 17.1 Å². The third-order valence-corrected chi connectivity index (χ3v) is 3.40. The Labute approximate surface area is 110 Å². The summed E-state index contributed by atoms with van der Waals surface area (Å²) in [4.78, 5) is 23.8. The molecular formula is C12H16N4O3. The number of nitrogens with zero attached hydrogens (tertiary/aromatic N) is 2. The standard InChI is InChI=1S/C12H16N4O3/c1-14-9-3-2-4-10(11(9)16(18)19)15-6-5-8(7-15)12(13)17/h2-4,8,14H,5-7H2,1H3,(H2,13,17). The van der Waals surface area contributed by atoms with Crippen LogP contribution in [0.5, 0.6) is 0 Å². The topological polar surface area (TPSA) is 102 Å². The maximum Gasteiger partial charge on any atom is 0.315 e. The number of nitro groups is 1. The molecule has 0 bridgehead atoms. The van der Waals surface area contributed by atoms with Crippen LogP contribution in [-0.4, -0.2) is 31.0 Å². The van der Waals surface area contributed by atoms with Gasteiger partial charge in [-0.3, -0.25) is 14.9 Å². The summed E-state index contributed by atoms with van der Waals surface area (Å²) in [6, 6.07) is 5.11. The molecule has 1 atom stereocenters. The molecule has 1 aliphatic heterocycles. The molecule has 0 aliphatic carbocycles. The first-order chi connectivity index (χ1) is 9.04. The molecule has 1 aromatic carbocycles. The molecule has 1 aliphatic rings. The number of hydrogen-bond donors (Lipinski definition) is 2. The Hall–Kier alpha value is -2.31. The number of nitrogens with one attached hydrogen (secondary N) is 1. The van der Waals surface area contributed by atoms with E-state index in [1.807, 2.05) is 4.90 Å².